The first kappa shape index (κ1) is 24.0. The number of carbonyl (C=O) groups excluding carboxylic acids is 1. The molecule has 0 bridgehead atoms. The largest absolute Gasteiger partial charge is 0.388 e. The van der Waals surface area contributed by atoms with Gasteiger partial charge in [-0.2, -0.15) is 0 Å². The molecule has 0 aliphatic rings. The van der Waals surface area contributed by atoms with Crippen LogP contribution in [0.3, 0.4) is 0 Å². The van der Waals surface area contributed by atoms with Gasteiger partial charge in [-0.25, -0.2) is 22.3 Å². The van der Waals surface area contributed by atoms with E-state index in [9.17, 15) is 22.4 Å². The number of hydrogen-bond acceptors (Lipinski definition) is 6. The van der Waals surface area contributed by atoms with Crippen LogP contribution in [-0.2, 0) is 10.0 Å². The lowest BCUT2D eigenvalue weighted by atomic mass is 10.1. The maximum atomic E-state index is 15.0. The fraction of sp³-hybridized carbons (Fsp3) is 0.0476. The number of urea groups is 1. The van der Waals surface area contributed by atoms with E-state index in [1.807, 2.05) is 0 Å². The SMILES string of the molecule is CNc1ccc2c(=O)n(-c3c(F)cc(NC(=O)NS(=O)(=O)c4ccc(Cl)s4)cc3Cl)ccc2c1. The number of benzene rings is 2. The number of halogens is 3. The summed E-state index contributed by atoms with van der Waals surface area (Å²) in [5, 5.41) is 6.04. The second-order valence-corrected chi connectivity index (χ2v) is 11.0. The van der Waals surface area contributed by atoms with Gasteiger partial charge in [0, 0.05) is 30.0 Å². The van der Waals surface area contributed by atoms with Crippen LogP contribution >= 0.6 is 34.5 Å². The summed E-state index contributed by atoms with van der Waals surface area (Å²) in [6, 6.07) is 10.4. The second kappa shape index (κ2) is 9.26. The van der Waals surface area contributed by atoms with Crippen molar-refractivity contribution in [1.82, 2.24) is 9.29 Å². The van der Waals surface area contributed by atoms with E-state index in [4.69, 9.17) is 23.2 Å². The van der Waals surface area contributed by atoms with Crippen LogP contribution in [0.4, 0.5) is 20.6 Å². The van der Waals surface area contributed by atoms with Gasteiger partial charge in [-0.1, -0.05) is 23.2 Å². The molecule has 0 spiro atoms. The summed E-state index contributed by atoms with van der Waals surface area (Å²) in [5.74, 6) is -0.899. The Labute approximate surface area is 207 Å². The highest BCUT2D eigenvalue weighted by Crippen LogP contribution is 2.29. The van der Waals surface area contributed by atoms with Crippen molar-refractivity contribution >= 4 is 72.7 Å². The highest BCUT2D eigenvalue weighted by atomic mass is 35.5. The number of fused-ring (bicyclic) bond motifs is 1. The van der Waals surface area contributed by atoms with Crippen LogP contribution in [0.15, 0.2) is 63.7 Å². The minimum Gasteiger partial charge on any atom is -0.388 e. The quantitative estimate of drug-likeness (QED) is 0.328. The zero-order valence-electron chi connectivity index (χ0n) is 17.2. The molecule has 4 aromatic rings. The molecular weight excluding hydrogens is 526 g/mol. The Bertz CT molecular complexity index is 1580. The zero-order chi connectivity index (χ0) is 24.6. The van der Waals surface area contributed by atoms with Crippen molar-refractivity contribution in [2.45, 2.75) is 4.21 Å². The minimum absolute atomic E-state index is 0.115. The molecule has 0 unspecified atom stereocenters. The van der Waals surface area contributed by atoms with Gasteiger partial charge >= 0.3 is 6.03 Å². The molecule has 176 valence electrons. The normalized spacial score (nSPS) is 11.4. The van der Waals surface area contributed by atoms with Gasteiger partial charge in [0.25, 0.3) is 15.6 Å². The van der Waals surface area contributed by atoms with Gasteiger partial charge in [0.15, 0.2) is 5.82 Å². The molecule has 0 atom stereocenters. The Hall–Kier alpha value is -3.12. The first-order valence-electron chi connectivity index (χ1n) is 9.51. The summed E-state index contributed by atoms with van der Waals surface area (Å²) in [7, 11) is -2.42. The lowest BCUT2D eigenvalue weighted by Crippen LogP contribution is -2.34. The fourth-order valence-electron chi connectivity index (χ4n) is 3.22. The van der Waals surface area contributed by atoms with E-state index < -0.39 is 27.4 Å². The maximum Gasteiger partial charge on any atom is 0.333 e. The van der Waals surface area contributed by atoms with Gasteiger partial charge in [0.05, 0.1) is 9.36 Å². The van der Waals surface area contributed by atoms with Crippen molar-refractivity contribution in [2.75, 3.05) is 17.7 Å². The number of aromatic nitrogens is 1. The molecule has 0 aliphatic heterocycles. The van der Waals surface area contributed by atoms with Gasteiger partial charge in [-0.15, -0.1) is 11.3 Å². The monoisotopic (exact) mass is 540 g/mol. The second-order valence-electron chi connectivity index (χ2n) is 6.95. The highest BCUT2D eigenvalue weighted by Gasteiger charge is 2.21. The molecule has 13 heteroatoms. The number of nitrogens with zero attached hydrogens (tertiary/aromatic N) is 1. The Kier molecular flexibility index (Phi) is 6.54. The highest BCUT2D eigenvalue weighted by molar-refractivity contribution is 7.92. The lowest BCUT2D eigenvalue weighted by molar-refractivity contribution is 0.256. The fourth-order valence-corrected chi connectivity index (χ4v) is 5.91. The van der Waals surface area contributed by atoms with E-state index in [1.54, 1.807) is 36.0 Å². The Morgan fingerprint density at radius 3 is 2.47 bits per heavy atom. The average molecular weight is 541 g/mol. The van der Waals surface area contributed by atoms with Crippen molar-refractivity contribution in [3.63, 3.8) is 0 Å². The molecule has 2 aromatic carbocycles. The van der Waals surface area contributed by atoms with Gasteiger partial charge in [0.2, 0.25) is 0 Å². The summed E-state index contributed by atoms with van der Waals surface area (Å²) < 4.78 is 42.4. The standard InChI is InChI=1S/C21H15Cl2FN4O4S2/c1-25-12-2-3-14-11(8-12)6-7-28(20(14)29)19-15(22)9-13(10-16(19)24)26-21(30)27-34(31,32)18-5-4-17(23)33-18/h2-10,25H,1H3,(H2,26,27,30). The van der Waals surface area contributed by atoms with Gasteiger partial charge in [0.1, 0.15) is 9.90 Å². The molecule has 3 N–H and O–H groups in total. The van der Waals surface area contributed by atoms with Crippen LogP contribution in [0.5, 0.6) is 0 Å². The molecule has 0 saturated carbocycles. The molecule has 2 heterocycles. The Morgan fingerprint density at radius 1 is 1.06 bits per heavy atom. The van der Waals surface area contributed by atoms with Gasteiger partial charge in [-0.05, 0) is 53.9 Å². The van der Waals surface area contributed by atoms with Crippen molar-refractivity contribution < 1.29 is 17.6 Å². The predicted molar refractivity (Wildman–Crippen MR) is 133 cm³/mol. The van der Waals surface area contributed by atoms with E-state index >= 15 is 0 Å². The van der Waals surface area contributed by atoms with Crippen LogP contribution in [0.25, 0.3) is 16.5 Å². The zero-order valence-corrected chi connectivity index (χ0v) is 20.4. The number of pyridine rings is 1. The predicted octanol–water partition coefficient (Wildman–Crippen LogP) is 5.05. The van der Waals surface area contributed by atoms with Crippen LogP contribution < -0.4 is 20.9 Å². The molecule has 0 saturated heterocycles. The number of anilines is 2. The Balaban J connectivity index is 1.62. The van der Waals surface area contributed by atoms with E-state index in [2.05, 4.69) is 10.6 Å². The molecule has 0 fully saturated rings. The maximum absolute atomic E-state index is 15.0. The number of thiophene rings is 1. The molecular formula is C21H15Cl2FN4O4S2. The summed E-state index contributed by atoms with van der Waals surface area (Å²) in [6.07, 6.45) is 1.40. The third kappa shape index (κ3) is 4.73. The number of nitrogens with one attached hydrogen (secondary N) is 3. The molecule has 2 amide bonds. The number of sulfonamides is 1. The van der Waals surface area contributed by atoms with Gasteiger partial charge < -0.3 is 10.6 Å². The van der Waals surface area contributed by atoms with E-state index in [1.165, 1.54) is 24.4 Å². The van der Waals surface area contributed by atoms with Crippen molar-refractivity contribution in [3.05, 3.63) is 80.3 Å². The minimum atomic E-state index is -4.17. The first-order chi connectivity index (χ1) is 16.1. The number of amides is 2. The number of hydrogen-bond donors (Lipinski definition) is 3. The third-order valence-electron chi connectivity index (χ3n) is 4.75. The third-order valence-corrected chi connectivity index (χ3v) is 8.09. The summed E-state index contributed by atoms with van der Waals surface area (Å²) >= 11 is 12.7. The molecule has 0 radical (unpaired) electrons. The van der Waals surface area contributed by atoms with E-state index in [0.717, 1.165) is 27.7 Å². The topological polar surface area (TPSA) is 109 Å². The van der Waals surface area contributed by atoms with Gasteiger partial charge in [-0.3, -0.25) is 9.36 Å². The number of carbonyl (C=O) groups is 1. The molecule has 0 aliphatic carbocycles. The lowest BCUT2D eigenvalue weighted by Gasteiger charge is -2.13. The van der Waals surface area contributed by atoms with E-state index in [-0.39, 0.29) is 24.9 Å². The smallest absolute Gasteiger partial charge is 0.333 e. The Morgan fingerprint density at radius 2 is 1.82 bits per heavy atom. The van der Waals surface area contributed by atoms with E-state index in [0.29, 0.717) is 10.8 Å². The summed E-state index contributed by atoms with van der Waals surface area (Å²) in [6.45, 7) is 0. The van der Waals surface area contributed by atoms with Crippen LogP contribution in [0, 0.1) is 5.82 Å². The van der Waals surface area contributed by atoms with Crippen LogP contribution in [0.1, 0.15) is 0 Å². The van der Waals surface area contributed by atoms with Crippen LogP contribution in [-0.4, -0.2) is 26.1 Å². The van der Waals surface area contributed by atoms with Crippen molar-refractivity contribution in [2.24, 2.45) is 0 Å². The summed E-state index contributed by atoms with van der Waals surface area (Å²) in [4.78, 5) is 25.1. The molecule has 2 aromatic heterocycles. The molecule has 8 nitrogen and oxygen atoms in total. The molecule has 34 heavy (non-hydrogen) atoms. The molecule has 4 rings (SSSR count). The number of rotatable bonds is 5. The van der Waals surface area contributed by atoms with Crippen molar-refractivity contribution in [3.8, 4) is 5.69 Å². The summed E-state index contributed by atoms with van der Waals surface area (Å²) in [5.41, 5.74) is 0.000550. The average Bonchev–Trinajstić information content (AvgIpc) is 3.21. The first-order valence-corrected chi connectivity index (χ1v) is 12.6. The van der Waals surface area contributed by atoms with Crippen LogP contribution in [0.2, 0.25) is 9.36 Å². The van der Waals surface area contributed by atoms with Crippen molar-refractivity contribution in [1.29, 1.82) is 0 Å².